The van der Waals surface area contributed by atoms with Crippen molar-refractivity contribution in [2.75, 3.05) is 21.2 Å². The highest BCUT2D eigenvalue weighted by atomic mass is 16.5. The summed E-state index contributed by atoms with van der Waals surface area (Å²) in [5, 5.41) is 3.18. The van der Waals surface area contributed by atoms with E-state index in [0.29, 0.717) is 23.8 Å². The fourth-order valence-electron chi connectivity index (χ4n) is 1.98. The van der Waals surface area contributed by atoms with Gasteiger partial charge in [0.25, 0.3) is 0 Å². The van der Waals surface area contributed by atoms with Crippen molar-refractivity contribution in [2.45, 2.75) is 32.9 Å². The first-order valence-corrected chi connectivity index (χ1v) is 6.95. The second-order valence-electron chi connectivity index (χ2n) is 5.59. The molecule has 0 saturated carbocycles. The lowest BCUT2D eigenvalue weighted by atomic mass is 10.0. The molecule has 0 aliphatic rings. The van der Waals surface area contributed by atoms with E-state index in [2.05, 4.69) is 23.9 Å². The molecule has 6 heteroatoms. The van der Waals surface area contributed by atoms with Crippen LogP contribution in [-0.4, -0.2) is 44.0 Å². The molecule has 0 radical (unpaired) electrons. The van der Waals surface area contributed by atoms with E-state index in [1.807, 2.05) is 0 Å². The summed E-state index contributed by atoms with van der Waals surface area (Å²) in [4.78, 5) is 25.0. The van der Waals surface area contributed by atoms with Crippen LogP contribution in [-0.2, 0) is 16.1 Å². The zero-order chi connectivity index (χ0) is 16.0. The summed E-state index contributed by atoms with van der Waals surface area (Å²) in [5.74, 6) is 0.584. The monoisotopic (exact) mass is 296 g/mol. The Balaban J connectivity index is 2.66. The lowest BCUT2D eigenvalue weighted by molar-refractivity contribution is -0.131. The zero-order valence-corrected chi connectivity index (χ0v) is 13.3. The van der Waals surface area contributed by atoms with Crippen LogP contribution in [0.5, 0.6) is 0 Å². The number of hydrogen-bond donors (Lipinski definition) is 1. The van der Waals surface area contributed by atoms with Crippen LogP contribution >= 0.6 is 0 Å². The van der Waals surface area contributed by atoms with Gasteiger partial charge in [0.15, 0.2) is 0 Å². The smallest absolute Gasteiger partial charge is 0.341 e. The van der Waals surface area contributed by atoms with E-state index in [1.54, 1.807) is 25.1 Å². The van der Waals surface area contributed by atoms with E-state index in [0.717, 1.165) is 6.42 Å². The molecule has 0 saturated heterocycles. The minimum Gasteiger partial charge on any atom is -0.467 e. The van der Waals surface area contributed by atoms with Gasteiger partial charge in [0.05, 0.1) is 25.3 Å². The van der Waals surface area contributed by atoms with E-state index >= 15 is 0 Å². The normalized spacial score (nSPS) is 12.3. The van der Waals surface area contributed by atoms with Crippen molar-refractivity contribution in [1.29, 1.82) is 0 Å². The lowest BCUT2D eigenvalue weighted by Crippen LogP contribution is -2.44. The molecule has 1 heterocycles. The Morgan fingerprint density at radius 1 is 1.38 bits per heavy atom. The molecule has 6 nitrogen and oxygen atoms in total. The molecular formula is C15H24N2O4. The van der Waals surface area contributed by atoms with Crippen molar-refractivity contribution in [1.82, 2.24) is 10.2 Å². The van der Waals surface area contributed by atoms with Gasteiger partial charge in [-0.3, -0.25) is 10.1 Å². The third kappa shape index (κ3) is 5.23. The van der Waals surface area contributed by atoms with Crippen LogP contribution in [0.2, 0.25) is 0 Å². The van der Waals surface area contributed by atoms with Gasteiger partial charge in [-0.1, -0.05) is 13.8 Å². The minimum atomic E-state index is -0.437. The fourth-order valence-corrected chi connectivity index (χ4v) is 1.98. The average Bonchev–Trinajstić information content (AvgIpc) is 2.90. The minimum absolute atomic E-state index is 0.0310. The van der Waals surface area contributed by atoms with Crippen molar-refractivity contribution in [3.63, 3.8) is 0 Å². The Hall–Kier alpha value is -1.82. The van der Waals surface area contributed by atoms with Crippen molar-refractivity contribution < 1.29 is 18.7 Å². The van der Waals surface area contributed by atoms with Crippen LogP contribution in [0, 0.1) is 5.92 Å². The Morgan fingerprint density at radius 3 is 2.57 bits per heavy atom. The number of nitrogens with zero attached hydrogens (tertiary/aromatic N) is 1. The van der Waals surface area contributed by atoms with Crippen LogP contribution in [0.15, 0.2) is 16.7 Å². The third-order valence-corrected chi connectivity index (χ3v) is 3.04. The topological polar surface area (TPSA) is 71.8 Å². The van der Waals surface area contributed by atoms with Gasteiger partial charge >= 0.3 is 5.97 Å². The SMILES string of the molecule is COC(=O)c1coc(CNC(CC(C)C)C(=O)N(C)C)c1. The summed E-state index contributed by atoms with van der Waals surface area (Å²) < 4.78 is 9.91. The summed E-state index contributed by atoms with van der Waals surface area (Å²) in [5.41, 5.74) is 0.369. The van der Waals surface area contributed by atoms with Gasteiger partial charge in [-0.05, 0) is 18.4 Å². The summed E-state index contributed by atoms with van der Waals surface area (Å²) in [7, 11) is 4.79. The molecule has 118 valence electrons. The number of nitrogens with one attached hydrogen (secondary N) is 1. The zero-order valence-electron chi connectivity index (χ0n) is 13.3. The van der Waals surface area contributed by atoms with E-state index in [-0.39, 0.29) is 11.9 Å². The molecule has 1 unspecified atom stereocenters. The molecule has 0 fully saturated rings. The maximum absolute atomic E-state index is 12.1. The number of amides is 1. The fraction of sp³-hybridized carbons (Fsp3) is 0.600. The number of methoxy groups -OCH3 is 1. The van der Waals surface area contributed by atoms with Gasteiger partial charge < -0.3 is 14.1 Å². The molecule has 1 aromatic rings. The Bertz CT molecular complexity index is 480. The molecule has 1 rings (SSSR count). The molecule has 0 bridgehead atoms. The van der Waals surface area contributed by atoms with Crippen molar-refractivity contribution >= 4 is 11.9 Å². The molecule has 1 amide bonds. The first-order chi connectivity index (χ1) is 9.85. The van der Waals surface area contributed by atoms with E-state index in [1.165, 1.54) is 13.4 Å². The molecule has 1 aromatic heterocycles. The quantitative estimate of drug-likeness (QED) is 0.775. The molecule has 1 N–H and O–H groups in total. The molecule has 21 heavy (non-hydrogen) atoms. The Morgan fingerprint density at radius 2 is 2.05 bits per heavy atom. The van der Waals surface area contributed by atoms with Crippen molar-refractivity contribution in [2.24, 2.45) is 5.92 Å². The van der Waals surface area contributed by atoms with Gasteiger partial charge in [-0.15, -0.1) is 0 Å². The Kier molecular flexibility index (Phi) is 6.42. The van der Waals surface area contributed by atoms with Gasteiger partial charge in [-0.2, -0.15) is 0 Å². The van der Waals surface area contributed by atoms with Gasteiger partial charge in [0, 0.05) is 14.1 Å². The van der Waals surface area contributed by atoms with Crippen molar-refractivity contribution in [3.8, 4) is 0 Å². The highest BCUT2D eigenvalue weighted by Gasteiger charge is 2.21. The largest absolute Gasteiger partial charge is 0.467 e. The van der Waals surface area contributed by atoms with Crippen molar-refractivity contribution in [3.05, 3.63) is 23.7 Å². The number of likely N-dealkylation sites (N-methyl/N-ethyl adjacent to an activating group) is 1. The molecule has 0 aromatic carbocycles. The highest BCUT2D eigenvalue weighted by Crippen LogP contribution is 2.11. The maximum atomic E-state index is 12.1. The molecule has 0 aliphatic carbocycles. The lowest BCUT2D eigenvalue weighted by Gasteiger charge is -2.22. The number of furan rings is 1. The predicted octanol–water partition coefficient (Wildman–Crippen LogP) is 1.66. The van der Waals surface area contributed by atoms with E-state index < -0.39 is 5.97 Å². The third-order valence-electron chi connectivity index (χ3n) is 3.04. The van der Waals surface area contributed by atoms with Gasteiger partial charge in [0.2, 0.25) is 5.91 Å². The number of carbonyl (C=O) groups excluding carboxylic acids is 2. The summed E-state index contributed by atoms with van der Waals surface area (Å²) >= 11 is 0. The number of ether oxygens (including phenoxy) is 1. The highest BCUT2D eigenvalue weighted by molar-refractivity contribution is 5.89. The Labute approximate surface area is 125 Å². The molecule has 0 spiro atoms. The summed E-state index contributed by atoms with van der Waals surface area (Å²) in [6.07, 6.45) is 2.09. The summed E-state index contributed by atoms with van der Waals surface area (Å²) in [6, 6.07) is 1.34. The number of esters is 1. The first kappa shape index (κ1) is 17.2. The van der Waals surface area contributed by atoms with E-state index in [4.69, 9.17) is 4.42 Å². The molecule has 1 atom stereocenters. The van der Waals surface area contributed by atoms with Gasteiger partial charge in [-0.25, -0.2) is 4.79 Å². The average molecular weight is 296 g/mol. The van der Waals surface area contributed by atoms with E-state index in [9.17, 15) is 9.59 Å². The summed E-state index contributed by atoms with van der Waals surface area (Å²) in [6.45, 7) is 4.52. The second-order valence-corrected chi connectivity index (χ2v) is 5.59. The standard InChI is InChI=1S/C15H24N2O4/c1-10(2)6-13(14(18)17(3)4)16-8-12-7-11(9-21-12)15(19)20-5/h7,9-10,13,16H,6,8H2,1-5H3. The van der Waals surface area contributed by atoms with Crippen LogP contribution < -0.4 is 5.32 Å². The van der Waals surface area contributed by atoms with Crippen LogP contribution in [0.4, 0.5) is 0 Å². The molecular weight excluding hydrogens is 272 g/mol. The first-order valence-electron chi connectivity index (χ1n) is 6.95. The molecule has 0 aliphatic heterocycles. The van der Waals surface area contributed by atoms with Crippen LogP contribution in [0.3, 0.4) is 0 Å². The maximum Gasteiger partial charge on any atom is 0.341 e. The second kappa shape index (κ2) is 7.83. The van der Waals surface area contributed by atoms with Crippen LogP contribution in [0.1, 0.15) is 36.4 Å². The predicted molar refractivity (Wildman–Crippen MR) is 78.8 cm³/mol. The number of carbonyl (C=O) groups is 2. The number of rotatable bonds is 7. The van der Waals surface area contributed by atoms with Gasteiger partial charge in [0.1, 0.15) is 12.0 Å². The number of hydrogen-bond acceptors (Lipinski definition) is 5. The van der Waals surface area contributed by atoms with Crippen LogP contribution in [0.25, 0.3) is 0 Å².